The second kappa shape index (κ2) is 4.90. The summed E-state index contributed by atoms with van der Waals surface area (Å²) in [7, 11) is 0. The fourth-order valence-electron chi connectivity index (χ4n) is 6.69. The first-order valence-corrected chi connectivity index (χ1v) is 9.18. The first kappa shape index (κ1) is 15.3. The highest BCUT2D eigenvalue weighted by Crippen LogP contribution is 2.64. The summed E-state index contributed by atoms with van der Waals surface area (Å²) in [6.45, 7) is 4.60. The van der Waals surface area contributed by atoms with Gasteiger partial charge < -0.3 is 5.21 Å². The summed E-state index contributed by atoms with van der Waals surface area (Å²) >= 11 is 0. The molecule has 0 spiro atoms. The largest absolute Gasteiger partial charge is 0.411 e. The van der Waals surface area contributed by atoms with Crippen LogP contribution in [0.25, 0.3) is 0 Å². The quantitative estimate of drug-likeness (QED) is 0.548. The smallest absolute Gasteiger partial charge is 0.184 e. The van der Waals surface area contributed by atoms with Gasteiger partial charge in [0, 0.05) is 24.7 Å². The summed E-state index contributed by atoms with van der Waals surface area (Å²) in [5.41, 5.74) is 0.529. The lowest BCUT2D eigenvalue weighted by atomic mass is 9.44. The number of ketones is 2. The van der Waals surface area contributed by atoms with Crippen LogP contribution in [-0.4, -0.2) is 22.5 Å². The van der Waals surface area contributed by atoms with E-state index in [1.807, 2.05) is 0 Å². The number of carbonyl (C=O) groups is 2. The van der Waals surface area contributed by atoms with Gasteiger partial charge in [-0.2, -0.15) is 0 Å². The topological polar surface area (TPSA) is 66.7 Å². The molecule has 0 bridgehead atoms. The highest BCUT2D eigenvalue weighted by atomic mass is 16.4. The molecule has 4 aliphatic rings. The summed E-state index contributed by atoms with van der Waals surface area (Å²) in [4.78, 5) is 25.2. The van der Waals surface area contributed by atoms with Gasteiger partial charge in [-0.05, 0) is 54.8 Å². The van der Waals surface area contributed by atoms with Gasteiger partial charge in [-0.1, -0.05) is 25.4 Å². The van der Waals surface area contributed by atoms with Gasteiger partial charge in [-0.3, -0.25) is 9.59 Å². The van der Waals surface area contributed by atoms with E-state index in [1.54, 1.807) is 0 Å². The van der Waals surface area contributed by atoms with Crippen molar-refractivity contribution in [3.63, 3.8) is 0 Å². The fraction of sp³-hybridized carbons (Fsp3) is 0.842. The van der Waals surface area contributed by atoms with Gasteiger partial charge >= 0.3 is 0 Å². The Labute approximate surface area is 137 Å². The van der Waals surface area contributed by atoms with Crippen molar-refractivity contribution in [2.24, 2.45) is 39.7 Å². The van der Waals surface area contributed by atoms with Gasteiger partial charge in [0.05, 0.1) is 0 Å². The maximum Gasteiger partial charge on any atom is 0.184 e. The van der Waals surface area contributed by atoms with E-state index in [0.29, 0.717) is 30.4 Å². The maximum atomic E-state index is 13.2. The predicted molar refractivity (Wildman–Crippen MR) is 86.3 cm³/mol. The fourth-order valence-corrected chi connectivity index (χ4v) is 6.69. The lowest BCUT2D eigenvalue weighted by Crippen LogP contribution is -2.60. The molecule has 0 aromatic carbocycles. The molecule has 1 unspecified atom stereocenters. The zero-order valence-electron chi connectivity index (χ0n) is 14.2. The van der Waals surface area contributed by atoms with Crippen molar-refractivity contribution in [1.82, 2.24) is 0 Å². The zero-order chi connectivity index (χ0) is 16.4. The van der Waals surface area contributed by atoms with Gasteiger partial charge in [-0.25, -0.2) is 0 Å². The summed E-state index contributed by atoms with van der Waals surface area (Å²) in [5, 5.41) is 13.0. The van der Waals surface area contributed by atoms with Crippen molar-refractivity contribution >= 4 is 17.3 Å². The average molecular weight is 317 g/mol. The standard InChI is InChI=1S/C19H27NO3/c1-18-7-3-4-12(18)15-13(6-8-18)19(2)9-5-11(21)10-14(19)16(20-23)17(15)22/h12-15,23H,3-10H2,1-2H3/b20-16+/t12-,13+,14?,15-,18-,19+/m0/s1. The molecule has 0 radical (unpaired) electrons. The first-order valence-electron chi connectivity index (χ1n) is 9.18. The zero-order valence-corrected chi connectivity index (χ0v) is 14.2. The molecule has 0 saturated heterocycles. The van der Waals surface area contributed by atoms with Crippen LogP contribution in [0.5, 0.6) is 0 Å². The van der Waals surface area contributed by atoms with Crippen LogP contribution in [0.1, 0.15) is 65.2 Å². The Morgan fingerprint density at radius 3 is 2.61 bits per heavy atom. The van der Waals surface area contributed by atoms with E-state index < -0.39 is 0 Å². The molecule has 0 aromatic rings. The lowest BCUT2D eigenvalue weighted by Gasteiger charge is -2.58. The molecule has 0 aliphatic heterocycles. The van der Waals surface area contributed by atoms with E-state index in [1.165, 1.54) is 19.3 Å². The number of Topliss-reactive ketones (excluding diaryl/α,β-unsaturated/α-hetero) is 2. The lowest BCUT2D eigenvalue weighted by molar-refractivity contribution is -0.141. The van der Waals surface area contributed by atoms with E-state index in [2.05, 4.69) is 19.0 Å². The third-order valence-electron chi connectivity index (χ3n) is 8.06. The Morgan fingerprint density at radius 2 is 1.87 bits per heavy atom. The monoisotopic (exact) mass is 317 g/mol. The molecule has 4 nitrogen and oxygen atoms in total. The molecule has 0 aromatic heterocycles. The van der Waals surface area contributed by atoms with E-state index in [9.17, 15) is 14.8 Å². The van der Waals surface area contributed by atoms with E-state index >= 15 is 0 Å². The maximum absolute atomic E-state index is 13.2. The summed E-state index contributed by atoms with van der Waals surface area (Å²) in [6, 6.07) is 0. The molecule has 4 saturated carbocycles. The SMILES string of the molecule is C[C@@]12CCC[C@H]1[C@@H]1C(=O)/C(=N/O)C3CC(=O)CC[C@]3(C)[C@@H]1CC2. The van der Waals surface area contributed by atoms with Crippen LogP contribution in [0.3, 0.4) is 0 Å². The highest BCUT2D eigenvalue weighted by molar-refractivity contribution is 6.42. The van der Waals surface area contributed by atoms with Crippen LogP contribution < -0.4 is 0 Å². The van der Waals surface area contributed by atoms with Gasteiger partial charge in [0.2, 0.25) is 0 Å². The van der Waals surface area contributed by atoms with E-state index in [0.717, 1.165) is 19.3 Å². The Kier molecular flexibility index (Phi) is 3.27. The van der Waals surface area contributed by atoms with Crippen LogP contribution in [0.2, 0.25) is 0 Å². The van der Waals surface area contributed by atoms with E-state index in [-0.39, 0.29) is 34.2 Å². The normalized spacial score (nSPS) is 51.3. The van der Waals surface area contributed by atoms with E-state index in [4.69, 9.17) is 0 Å². The van der Waals surface area contributed by atoms with Crippen LogP contribution in [0, 0.1) is 34.5 Å². The molecule has 6 atom stereocenters. The van der Waals surface area contributed by atoms with Crippen molar-refractivity contribution in [3.05, 3.63) is 0 Å². The molecule has 4 fully saturated rings. The molecular weight excluding hydrogens is 290 g/mol. The average Bonchev–Trinajstić information content (AvgIpc) is 2.91. The van der Waals surface area contributed by atoms with Crippen molar-refractivity contribution in [1.29, 1.82) is 0 Å². The predicted octanol–water partition coefficient (Wildman–Crippen LogP) is 3.61. The minimum atomic E-state index is -0.173. The molecule has 1 N–H and O–H groups in total. The summed E-state index contributed by atoms with van der Waals surface area (Å²) in [6.07, 6.45) is 7.69. The Hall–Kier alpha value is -1.19. The van der Waals surface area contributed by atoms with Gasteiger partial charge in [-0.15, -0.1) is 0 Å². The van der Waals surface area contributed by atoms with Gasteiger partial charge in [0.1, 0.15) is 11.5 Å². The third kappa shape index (κ3) is 1.93. The van der Waals surface area contributed by atoms with Crippen molar-refractivity contribution in [3.8, 4) is 0 Å². The number of rotatable bonds is 0. The molecule has 0 amide bonds. The minimum Gasteiger partial charge on any atom is -0.411 e. The number of carbonyl (C=O) groups excluding carboxylic acids is 2. The molecule has 23 heavy (non-hydrogen) atoms. The summed E-state index contributed by atoms with van der Waals surface area (Å²) in [5.74, 6) is 0.884. The van der Waals surface area contributed by atoms with Crippen LogP contribution in [0.15, 0.2) is 5.16 Å². The van der Waals surface area contributed by atoms with Crippen molar-refractivity contribution < 1.29 is 14.8 Å². The molecule has 126 valence electrons. The number of oxime groups is 1. The summed E-state index contributed by atoms with van der Waals surface area (Å²) < 4.78 is 0. The van der Waals surface area contributed by atoms with Gasteiger partial charge in [0.15, 0.2) is 5.78 Å². The number of fused-ring (bicyclic) bond motifs is 5. The molecule has 0 heterocycles. The number of hydrogen-bond donors (Lipinski definition) is 1. The second-order valence-corrected chi connectivity index (χ2v) is 8.97. The van der Waals surface area contributed by atoms with Crippen LogP contribution in [0.4, 0.5) is 0 Å². The molecular formula is C19H27NO3. The second-order valence-electron chi connectivity index (χ2n) is 8.97. The molecule has 4 rings (SSSR count). The molecule has 4 aliphatic carbocycles. The van der Waals surface area contributed by atoms with Crippen molar-refractivity contribution in [2.45, 2.75) is 65.2 Å². The third-order valence-corrected chi connectivity index (χ3v) is 8.06. The Morgan fingerprint density at radius 1 is 1.09 bits per heavy atom. The Bertz CT molecular complexity index is 597. The Balaban J connectivity index is 1.79. The van der Waals surface area contributed by atoms with Gasteiger partial charge in [0.25, 0.3) is 0 Å². The minimum absolute atomic E-state index is 0.0107. The first-order chi connectivity index (χ1) is 10.9. The number of hydrogen-bond acceptors (Lipinski definition) is 4. The van der Waals surface area contributed by atoms with Crippen molar-refractivity contribution in [2.75, 3.05) is 0 Å². The number of nitrogens with zero attached hydrogens (tertiary/aromatic N) is 1. The van der Waals surface area contributed by atoms with Crippen LogP contribution >= 0.6 is 0 Å². The van der Waals surface area contributed by atoms with Crippen LogP contribution in [-0.2, 0) is 9.59 Å². The highest BCUT2D eigenvalue weighted by Gasteiger charge is 2.63. The molecule has 4 heteroatoms.